The fraction of sp³-hybridized carbons (Fsp3) is 0.562. The van der Waals surface area contributed by atoms with Crippen LogP contribution in [-0.2, 0) is 4.79 Å². The van der Waals surface area contributed by atoms with Crippen molar-refractivity contribution in [1.29, 1.82) is 0 Å². The van der Waals surface area contributed by atoms with Gasteiger partial charge in [-0.25, -0.2) is 0 Å². The number of benzene rings is 1. The summed E-state index contributed by atoms with van der Waals surface area (Å²) in [4.78, 5) is 14.0. The third-order valence-electron chi connectivity index (χ3n) is 3.76. The van der Waals surface area contributed by atoms with Crippen molar-refractivity contribution in [3.8, 4) is 0 Å². The third kappa shape index (κ3) is 6.46. The Hall–Kier alpha value is -1.10. The lowest BCUT2D eigenvalue weighted by Crippen LogP contribution is -2.37. The molecule has 1 aromatic rings. The standard InChI is InChI=1S/C16H25ClN2O2/c1-4-12(2)19(3)10-9-18-16(21)11-15(20)13-5-7-14(17)8-6-13/h5-8,12,15,20H,4,9-11H2,1-3H3,(H,18,21). The van der Waals surface area contributed by atoms with E-state index < -0.39 is 6.10 Å². The molecule has 2 atom stereocenters. The van der Waals surface area contributed by atoms with Gasteiger partial charge in [-0.05, 0) is 38.1 Å². The summed E-state index contributed by atoms with van der Waals surface area (Å²) in [6.45, 7) is 5.69. The number of aliphatic hydroxyl groups is 1. The second-order valence-electron chi connectivity index (χ2n) is 5.36. The Kier molecular flexibility index (Phi) is 7.72. The first-order valence-corrected chi connectivity index (χ1v) is 7.72. The summed E-state index contributed by atoms with van der Waals surface area (Å²) in [5, 5.41) is 13.5. The normalized spacial score (nSPS) is 14.0. The van der Waals surface area contributed by atoms with Crippen LogP contribution in [0.4, 0.5) is 0 Å². The Labute approximate surface area is 132 Å². The molecule has 5 heteroatoms. The molecule has 2 unspecified atom stereocenters. The molecule has 0 bridgehead atoms. The molecule has 0 fully saturated rings. The van der Waals surface area contributed by atoms with Crippen LogP contribution in [0.1, 0.15) is 38.4 Å². The van der Waals surface area contributed by atoms with Crippen molar-refractivity contribution in [2.45, 2.75) is 38.8 Å². The predicted molar refractivity (Wildman–Crippen MR) is 86.4 cm³/mol. The minimum Gasteiger partial charge on any atom is -0.388 e. The van der Waals surface area contributed by atoms with Crippen LogP contribution in [0.5, 0.6) is 0 Å². The first-order valence-electron chi connectivity index (χ1n) is 7.34. The predicted octanol–water partition coefficient (Wildman–Crippen LogP) is 2.61. The SMILES string of the molecule is CCC(C)N(C)CCNC(=O)CC(O)c1ccc(Cl)cc1. The van der Waals surface area contributed by atoms with Crippen LogP contribution in [0.25, 0.3) is 0 Å². The molecule has 0 saturated carbocycles. The quantitative estimate of drug-likeness (QED) is 0.776. The molecule has 1 aromatic carbocycles. The number of halogens is 1. The molecule has 1 rings (SSSR count). The van der Waals surface area contributed by atoms with Crippen LogP contribution in [0.15, 0.2) is 24.3 Å². The average Bonchev–Trinajstić information content (AvgIpc) is 2.46. The van der Waals surface area contributed by atoms with Gasteiger partial charge in [-0.3, -0.25) is 4.79 Å². The van der Waals surface area contributed by atoms with Gasteiger partial charge in [-0.2, -0.15) is 0 Å². The molecule has 4 nitrogen and oxygen atoms in total. The molecule has 21 heavy (non-hydrogen) atoms. The van der Waals surface area contributed by atoms with E-state index in [0.29, 0.717) is 23.2 Å². The van der Waals surface area contributed by atoms with Crippen molar-refractivity contribution in [3.05, 3.63) is 34.9 Å². The van der Waals surface area contributed by atoms with Gasteiger partial charge in [0.05, 0.1) is 12.5 Å². The molecular weight excluding hydrogens is 288 g/mol. The number of nitrogens with one attached hydrogen (secondary N) is 1. The average molecular weight is 313 g/mol. The van der Waals surface area contributed by atoms with Crippen LogP contribution >= 0.6 is 11.6 Å². The summed E-state index contributed by atoms with van der Waals surface area (Å²) in [6.07, 6.45) is 0.351. The second kappa shape index (κ2) is 9.03. The van der Waals surface area contributed by atoms with Crippen LogP contribution in [0.3, 0.4) is 0 Å². The van der Waals surface area contributed by atoms with E-state index in [2.05, 4.69) is 24.1 Å². The highest BCUT2D eigenvalue weighted by Gasteiger charge is 2.13. The van der Waals surface area contributed by atoms with Crippen molar-refractivity contribution < 1.29 is 9.90 Å². The van der Waals surface area contributed by atoms with Crippen molar-refractivity contribution >= 4 is 17.5 Å². The van der Waals surface area contributed by atoms with Gasteiger partial charge in [0.25, 0.3) is 0 Å². The zero-order chi connectivity index (χ0) is 15.8. The highest BCUT2D eigenvalue weighted by molar-refractivity contribution is 6.30. The Bertz CT molecular complexity index is 436. The lowest BCUT2D eigenvalue weighted by atomic mass is 10.1. The van der Waals surface area contributed by atoms with Crippen LogP contribution in [0, 0.1) is 0 Å². The maximum Gasteiger partial charge on any atom is 0.223 e. The van der Waals surface area contributed by atoms with Gasteiger partial charge in [0.15, 0.2) is 0 Å². The number of hydrogen-bond donors (Lipinski definition) is 2. The molecule has 0 saturated heterocycles. The highest BCUT2D eigenvalue weighted by atomic mass is 35.5. The molecule has 0 aliphatic rings. The number of rotatable bonds is 8. The second-order valence-corrected chi connectivity index (χ2v) is 5.80. The lowest BCUT2D eigenvalue weighted by molar-refractivity contribution is -0.123. The maximum atomic E-state index is 11.8. The summed E-state index contributed by atoms with van der Waals surface area (Å²) in [5.74, 6) is -0.144. The minimum absolute atomic E-state index is 0.0642. The molecule has 0 radical (unpaired) electrons. The number of carbonyl (C=O) groups is 1. The van der Waals surface area contributed by atoms with E-state index >= 15 is 0 Å². The summed E-state index contributed by atoms with van der Waals surface area (Å²) >= 11 is 5.79. The van der Waals surface area contributed by atoms with Gasteiger partial charge >= 0.3 is 0 Å². The van der Waals surface area contributed by atoms with E-state index in [9.17, 15) is 9.90 Å². The summed E-state index contributed by atoms with van der Waals surface area (Å²) in [5.41, 5.74) is 0.700. The Morgan fingerprint density at radius 3 is 2.57 bits per heavy atom. The molecule has 2 N–H and O–H groups in total. The molecule has 0 spiro atoms. The maximum absolute atomic E-state index is 11.8. The van der Waals surface area contributed by atoms with E-state index in [1.54, 1.807) is 24.3 Å². The van der Waals surface area contributed by atoms with Crippen molar-refractivity contribution in [1.82, 2.24) is 10.2 Å². The highest BCUT2D eigenvalue weighted by Crippen LogP contribution is 2.18. The first kappa shape index (κ1) is 18.0. The van der Waals surface area contributed by atoms with Crippen LogP contribution in [0.2, 0.25) is 5.02 Å². The summed E-state index contributed by atoms with van der Waals surface area (Å²) in [7, 11) is 2.04. The molecule has 0 heterocycles. The van der Waals surface area contributed by atoms with Gasteiger partial charge < -0.3 is 15.3 Å². The third-order valence-corrected chi connectivity index (χ3v) is 4.02. The van der Waals surface area contributed by atoms with Crippen molar-refractivity contribution in [3.63, 3.8) is 0 Å². The zero-order valence-electron chi connectivity index (χ0n) is 13.0. The van der Waals surface area contributed by atoms with E-state index in [1.807, 2.05) is 7.05 Å². The molecule has 1 amide bonds. The smallest absolute Gasteiger partial charge is 0.223 e. The fourth-order valence-electron chi connectivity index (χ4n) is 1.95. The van der Waals surface area contributed by atoms with E-state index in [0.717, 1.165) is 13.0 Å². The van der Waals surface area contributed by atoms with Gasteiger partial charge in [-0.15, -0.1) is 0 Å². The minimum atomic E-state index is -0.797. The van der Waals surface area contributed by atoms with E-state index in [4.69, 9.17) is 11.6 Å². The van der Waals surface area contributed by atoms with Crippen molar-refractivity contribution in [2.75, 3.05) is 20.1 Å². The van der Waals surface area contributed by atoms with Gasteiger partial charge in [-0.1, -0.05) is 30.7 Å². The molecular formula is C16H25ClN2O2. The number of nitrogens with zero attached hydrogens (tertiary/aromatic N) is 1. The summed E-state index contributed by atoms with van der Waals surface area (Å²) < 4.78 is 0. The molecule has 118 valence electrons. The van der Waals surface area contributed by atoms with Gasteiger partial charge in [0, 0.05) is 24.2 Å². The number of hydrogen-bond acceptors (Lipinski definition) is 3. The van der Waals surface area contributed by atoms with Crippen LogP contribution in [-0.4, -0.2) is 42.1 Å². The Balaban J connectivity index is 2.31. The van der Waals surface area contributed by atoms with Gasteiger partial charge in [0.2, 0.25) is 5.91 Å². The summed E-state index contributed by atoms with van der Waals surface area (Å²) in [6, 6.07) is 7.38. The topological polar surface area (TPSA) is 52.6 Å². The molecule has 0 aliphatic carbocycles. The number of amides is 1. The lowest BCUT2D eigenvalue weighted by Gasteiger charge is -2.23. The van der Waals surface area contributed by atoms with E-state index in [-0.39, 0.29) is 12.3 Å². The number of carbonyl (C=O) groups excluding carboxylic acids is 1. The van der Waals surface area contributed by atoms with Gasteiger partial charge in [0.1, 0.15) is 0 Å². The number of likely N-dealkylation sites (N-methyl/N-ethyl adjacent to an activating group) is 1. The monoisotopic (exact) mass is 312 g/mol. The Morgan fingerprint density at radius 1 is 1.38 bits per heavy atom. The zero-order valence-corrected chi connectivity index (χ0v) is 13.7. The largest absolute Gasteiger partial charge is 0.388 e. The fourth-order valence-corrected chi connectivity index (χ4v) is 2.08. The van der Waals surface area contributed by atoms with E-state index in [1.165, 1.54) is 0 Å². The van der Waals surface area contributed by atoms with Crippen LogP contribution < -0.4 is 5.32 Å². The number of aliphatic hydroxyl groups excluding tert-OH is 1. The molecule has 0 aliphatic heterocycles. The van der Waals surface area contributed by atoms with Crippen molar-refractivity contribution in [2.24, 2.45) is 0 Å². The Morgan fingerprint density at radius 2 is 2.00 bits per heavy atom. The molecule has 0 aromatic heterocycles. The first-order chi connectivity index (χ1) is 9.93.